The van der Waals surface area contributed by atoms with Gasteiger partial charge in [-0.3, -0.25) is 0 Å². The molecule has 3 atom stereocenters. The summed E-state index contributed by atoms with van der Waals surface area (Å²) in [7, 11) is 1.71. The molecule has 3 aliphatic rings. The lowest BCUT2D eigenvalue weighted by molar-refractivity contribution is 0.234. The van der Waals surface area contributed by atoms with E-state index in [1.165, 1.54) is 72.9 Å². The first-order chi connectivity index (χ1) is 20.2. The number of nitrogens with zero attached hydrogens (tertiary/aromatic N) is 1. The zero-order valence-electron chi connectivity index (χ0n) is 27.3. The molecular formula is C38H57NOS2. The Bertz CT molecular complexity index is 1090. The second kappa shape index (κ2) is 21.5. The van der Waals surface area contributed by atoms with Crippen LogP contribution in [0.2, 0.25) is 0 Å². The van der Waals surface area contributed by atoms with E-state index in [2.05, 4.69) is 94.5 Å². The van der Waals surface area contributed by atoms with Gasteiger partial charge in [0.15, 0.2) is 0 Å². The summed E-state index contributed by atoms with van der Waals surface area (Å²) >= 11 is 9.66. The van der Waals surface area contributed by atoms with Crippen LogP contribution in [0.25, 0.3) is 0 Å². The maximum Gasteiger partial charge on any atom is 0.0646 e. The molecule has 0 N–H and O–H groups in total. The van der Waals surface area contributed by atoms with Crippen molar-refractivity contribution in [3.05, 3.63) is 108 Å². The van der Waals surface area contributed by atoms with Gasteiger partial charge in [-0.05, 0) is 93.9 Å². The van der Waals surface area contributed by atoms with Crippen molar-refractivity contribution in [2.75, 3.05) is 13.7 Å². The predicted octanol–water partition coefficient (Wildman–Crippen LogP) is 10.9. The van der Waals surface area contributed by atoms with Gasteiger partial charge in [0.25, 0.3) is 0 Å². The maximum absolute atomic E-state index is 5.13. The summed E-state index contributed by atoms with van der Waals surface area (Å²) in [5.41, 5.74) is 9.83. The van der Waals surface area contributed by atoms with Gasteiger partial charge in [0, 0.05) is 30.8 Å². The van der Waals surface area contributed by atoms with Crippen LogP contribution in [0.1, 0.15) is 102 Å². The fourth-order valence-electron chi connectivity index (χ4n) is 5.68. The van der Waals surface area contributed by atoms with Crippen LogP contribution >= 0.6 is 24.8 Å². The van der Waals surface area contributed by atoms with E-state index >= 15 is 0 Å². The zero-order valence-corrected chi connectivity index (χ0v) is 29.0. The van der Waals surface area contributed by atoms with E-state index in [-0.39, 0.29) is 0 Å². The van der Waals surface area contributed by atoms with Gasteiger partial charge in [0.05, 0.1) is 17.9 Å². The number of methoxy groups -OCH3 is 1. The summed E-state index contributed by atoms with van der Waals surface area (Å²) in [6.07, 6.45) is 21.2. The van der Waals surface area contributed by atoms with Crippen molar-refractivity contribution in [2.24, 2.45) is 0 Å². The normalized spacial score (nSPS) is 20.5. The van der Waals surface area contributed by atoms with E-state index in [1.807, 2.05) is 19.2 Å². The van der Waals surface area contributed by atoms with Crippen LogP contribution in [0.5, 0.6) is 0 Å². The molecule has 42 heavy (non-hydrogen) atoms. The van der Waals surface area contributed by atoms with E-state index in [9.17, 15) is 0 Å². The van der Waals surface area contributed by atoms with Crippen molar-refractivity contribution < 1.29 is 4.74 Å². The van der Waals surface area contributed by atoms with E-state index in [0.717, 1.165) is 18.5 Å². The first kappa shape index (κ1) is 37.9. The Morgan fingerprint density at radius 3 is 2.40 bits per heavy atom. The minimum atomic E-state index is 0.341. The number of aryl methyl sites for hydroxylation is 1. The van der Waals surface area contributed by atoms with E-state index in [1.54, 1.807) is 24.8 Å². The van der Waals surface area contributed by atoms with Crippen molar-refractivity contribution in [2.45, 2.75) is 110 Å². The van der Waals surface area contributed by atoms with Gasteiger partial charge in [0.1, 0.15) is 0 Å². The molecule has 0 radical (unpaired) electrons. The topological polar surface area (TPSA) is 12.5 Å². The molecule has 0 spiro atoms. The predicted molar refractivity (Wildman–Crippen MR) is 195 cm³/mol. The molecule has 4 rings (SSSR count). The maximum atomic E-state index is 5.13. The molecule has 4 heteroatoms. The van der Waals surface area contributed by atoms with Crippen LogP contribution in [0, 0.1) is 0 Å². The largest absolute Gasteiger partial charge is 0.381 e. The van der Waals surface area contributed by atoms with Crippen LogP contribution in [0.4, 0.5) is 0 Å². The van der Waals surface area contributed by atoms with Crippen LogP contribution in [0.15, 0.2) is 90.9 Å². The van der Waals surface area contributed by atoms with Gasteiger partial charge in [-0.25, -0.2) is 0 Å². The highest BCUT2D eigenvalue weighted by Crippen LogP contribution is 2.46. The molecular weight excluding hydrogens is 551 g/mol. The molecule has 0 saturated carbocycles. The molecule has 0 amide bonds. The van der Waals surface area contributed by atoms with Gasteiger partial charge < -0.3 is 9.64 Å². The zero-order chi connectivity index (χ0) is 31.5. The molecule has 0 bridgehead atoms. The highest BCUT2D eigenvalue weighted by atomic mass is 32.1. The number of fused-ring (bicyclic) bond motifs is 1. The lowest BCUT2D eigenvalue weighted by Gasteiger charge is -2.46. The van der Waals surface area contributed by atoms with Gasteiger partial charge >= 0.3 is 0 Å². The molecule has 2 aliphatic heterocycles. The van der Waals surface area contributed by atoms with Crippen LogP contribution in [-0.2, 0) is 17.6 Å². The first-order valence-electron chi connectivity index (χ1n) is 15.6. The quantitative estimate of drug-likeness (QED) is 0.123. The van der Waals surface area contributed by atoms with E-state index in [0.29, 0.717) is 23.8 Å². The van der Waals surface area contributed by atoms with Gasteiger partial charge in [-0.2, -0.15) is 12.6 Å². The van der Waals surface area contributed by atoms with Gasteiger partial charge in [0.2, 0.25) is 0 Å². The number of ether oxygens (including phenoxy) is 1. The van der Waals surface area contributed by atoms with Crippen LogP contribution in [-0.4, -0.2) is 35.3 Å². The minimum absolute atomic E-state index is 0.341. The number of unbranched alkanes of at least 4 members (excludes halogenated alkanes) is 2. The highest BCUT2D eigenvalue weighted by Gasteiger charge is 2.45. The molecule has 1 fully saturated rings. The average Bonchev–Trinajstić information content (AvgIpc) is 3.27. The molecule has 2 heterocycles. The van der Waals surface area contributed by atoms with Crippen LogP contribution in [0.3, 0.4) is 0 Å². The Morgan fingerprint density at radius 2 is 1.83 bits per heavy atom. The van der Waals surface area contributed by atoms with Gasteiger partial charge in [-0.1, -0.05) is 92.7 Å². The standard InChI is InChI=1S/C20H28S.C12H17NOS.2C3H6/c1-3-4-5-8-17-10-11-20(19(15-17)12-13-21)18-9-6-7-16(2)14-18;1-8-10(5-4-6-14-3)7-11-12(15)9(2)13(8)11;2*1-3-2/h10-11,13-15,18H,3-9,12H2,1-2H3;4-5,11-12,15H,2,6-7H2,1,3H3;2*3H,1H2,2H3/b;5-4+;;. The molecule has 3 unspecified atom stereocenters. The third-order valence-electron chi connectivity index (χ3n) is 7.74. The van der Waals surface area contributed by atoms with Crippen molar-refractivity contribution in [1.82, 2.24) is 4.90 Å². The third-order valence-corrected chi connectivity index (χ3v) is 8.54. The number of rotatable bonds is 10. The van der Waals surface area contributed by atoms with Crippen molar-refractivity contribution in [1.29, 1.82) is 0 Å². The summed E-state index contributed by atoms with van der Waals surface area (Å²) < 4.78 is 4.99. The first-order valence-corrected chi connectivity index (χ1v) is 16.6. The highest BCUT2D eigenvalue weighted by molar-refractivity contribution is 7.81. The Labute approximate surface area is 269 Å². The smallest absolute Gasteiger partial charge is 0.0646 e. The SMILES string of the molecule is C=C1C(S)C2CC(/C=C/COC)=C(C)N12.C=CC.C=CC.CCCCCc1ccc(C2C=C(C)CCC2)c(CC=S)c1. The number of thiol groups is 1. The van der Waals surface area contributed by atoms with Crippen molar-refractivity contribution in [3.63, 3.8) is 0 Å². The second-order valence-electron chi connectivity index (χ2n) is 11.2. The van der Waals surface area contributed by atoms with E-state index in [4.69, 9.17) is 17.0 Å². The fraction of sp³-hybridized carbons (Fsp3) is 0.500. The number of allylic oxidation sites excluding steroid dienone is 6. The molecule has 1 aliphatic carbocycles. The number of benzene rings is 1. The van der Waals surface area contributed by atoms with Crippen molar-refractivity contribution >= 4 is 30.2 Å². The Kier molecular flexibility index (Phi) is 19.4. The average molecular weight is 608 g/mol. The van der Waals surface area contributed by atoms with Crippen LogP contribution < -0.4 is 0 Å². The summed E-state index contributed by atoms with van der Waals surface area (Å²) in [4.78, 5) is 2.30. The lowest BCUT2D eigenvalue weighted by Crippen LogP contribution is -2.50. The van der Waals surface area contributed by atoms with Gasteiger partial charge in [-0.15, -0.1) is 13.2 Å². The molecule has 232 valence electrons. The van der Waals surface area contributed by atoms with E-state index < -0.39 is 0 Å². The number of thiocarbonyl (C=S) groups is 1. The molecule has 2 nitrogen and oxygen atoms in total. The number of hydrogen-bond donors (Lipinski definition) is 1. The summed E-state index contributed by atoms with van der Waals surface area (Å²) in [6.45, 7) is 21.9. The summed E-state index contributed by atoms with van der Waals surface area (Å²) in [5, 5.41) is 2.22. The summed E-state index contributed by atoms with van der Waals surface area (Å²) in [5.74, 6) is 0.605. The molecule has 1 saturated heterocycles. The Balaban J connectivity index is 0.000000366. The Morgan fingerprint density at radius 1 is 1.14 bits per heavy atom. The minimum Gasteiger partial charge on any atom is -0.381 e. The second-order valence-corrected chi connectivity index (χ2v) is 12.1. The fourth-order valence-corrected chi connectivity index (χ4v) is 6.23. The Hall–Kier alpha value is -2.14. The summed E-state index contributed by atoms with van der Waals surface area (Å²) in [6, 6.07) is 7.65. The third kappa shape index (κ3) is 11.9. The number of hydrogen-bond acceptors (Lipinski definition) is 4. The molecule has 1 aromatic rings. The van der Waals surface area contributed by atoms with Crippen molar-refractivity contribution in [3.8, 4) is 0 Å². The lowest BCUT2D eigenvalue weighted by atomic mass is 9.83. The molecule has 0 aromatic heterocycles. The molecule has 1 aromatic carbocycles. The monoisotopic (exact) mass is 607 g/mol.